The Morgan fingerprint density at radius 1 is 1.32 bits per heavy atom. The lowest BCUT2D eigenvalue weighted by molar-refractivity contribution is 0.290. The third kappa shape index (κ3) is 4.32. The molecule has 0 radical (unpaired) electrons. The van der Waals surface area contributed by atoms with Gasteiger partial charge in [-0.25, -0.2) is 0 Å². The fourth-order valence-electron chi connectivity index (χ4n) is 2.30. The van der Waals surface area contributed by atoms with Crippen LogP contribution in [0.25, 0.3) is 0 Å². The molecule has 1 atom stereocenters. The smallest absolute Gasteiger partial charge is 0.161 e. The van der Waals surface area contributed by atoms with Crippen LogP contribution in [-0.4, -0.2) is 37.3 Å². The third-order valence-corrected chi connectivity index (χ3v) is 4.94. The molecule has 1 fully saturated rings. The zero-order valence-corrected chi connectivity index (χ0v) is 12.6. The van der Waals surface area contributed by atoms with Crippen LogP contribution in [0.2, 0.25) is 0 Å². The van der Waals surface area contributed by atoms with Crippen molar-refractivity contribution in [3.05, 3.63) is 24.3 Å². The molecule has 19 heavy (non-hydrogen) atoms. The van der Waals surface area contributed by atoms with Gasteiger partial charge in [0.2, 0.25) is 0 Å². The minimum Gasteiger partial charge on any atom is -0.493 e. The van der Waals surface area contributed by atoms with Gasteiger partial charge in [0, 0.05) is 17.8 Å². The lowest BCUT2D eigenvalue weighted by Crippen LogP contribution is -2.35. The van der Waals surface area contributed by atoms with Gasteiger partial charge in [-0.2, -0.15) is 11.8 Å². The number of ether oxygens (including phenoxy) is 2. The molecule has 0 aliphatic carbocycles. The second-order valence-electron chi connectivity index (χ2n) is 5.08. The van der Waals surface area contributed by atoms with E-state index in [1.165, 1.54) is 18.6 Å². The van der Waals surface area contributed by atoms with Crippen molar-refractivity contribution in [2.75, 3.05) is 32.6 Å². The van der Waals surface area contributed by atoms with Gasteiger partial charge in [0.25, 0.3) is 0 Å². The van der Waals surface area contributed by atoms with Crippen LogP contribution < -0.4 is 14.8 Å². The number of rotatable bonds is 7. The highest BCUT2D eigenvalue weighted by Gasteiger charge is 2.28. The first-order chi connectivity index (χ1) is 9.23. The van der Waals surface area contributed by atoms with Gasteiger partial charge in [0.05, 0.1) is 7.11 Å². The van der Waals surface area contributed by atoms with Gasteiger partial charge in [-0.15, -0.1) is 0 Å². The van der Waals surface area contributed by atoms with E-state index < -0.39 is 0 Å². The second-order valence-corrected chi connectivity index (χ2v) is 6.76. The lowest BCUT2D eigenvalue weighted by Gasteiger charge is -2.23. The van der Waals surface area contributed by atoms with E-state index in [1.54, 1.807) is 7.11 Å². The van der Waals surface area contributed by atoms with Crippen molar-refractivity contribution in [3.63, 3.8) is 0 Å². The Balaban J connectivity index is 1.66. The molecule has 1 saturated heterocycles. The second kappa shape index (κ2) is 7.06. The van der Waals surface area contributed by atoms with Gasteiger partial charge in [0.1, 0.15) is 6.61 Å². The molecule has 0 saturated carbocycles. The summed E-state index contributed by atoms with van der Waals surface area (Å²) >= 11 is 2.08. The van der Waals surface area contributed by atoms with E-state index in [1.807, 2.05) is 24.3 Å². The molecule has 1 unspecified atom stereocenters. The summed E-state index contributed by atoms with van der Waals surface area (Å²) in [6.45, 7) is 4.95. The van der Waals surface area contributed by atoms with Crippen LogP contribution in [0.4, 0.5) is 0 Å². The molecule has 3 nitrogen and oxygen atoms in total. The molecule has 0 bridgehead atoms. The number of thioether (sulfide) groups is 1. The van der Waals surface area contributed by atoms with E-state index in [2.05, 4.69) is 24.0 Å². The molecule has 4 heteroatoms. The van der Waals surface area contributed by atoms with Crippen molar-refractivity contribution >= 4 is 11.8 Å². The first kappa shape index (κ1) is 14.5. The predicted octanol–water partition coefficient (Wildman–Crippen LogP) is 2.95. The molecule has 1 aliphatic rings. The van der Waals surface area contributed by atoms with E-state index in [9.17, 15) is 0 Å². The monoisotopic (exact) mass is 281 g/mol. The van der Waals surface area contributed by atoms with Gasteiger partial charge in [-0.3, -0.25) is 0 Å². The Bertz CT molecular complexity index is 391. The number of methoxy groups -OCH3 is 1. The molecule has 106 valence electrons. The van der Waals surface area contributed by atoms with Crippen LogP contribution in [0.3, 0.4) is 0 Å². The molecule has 0 aromatic heterocycles. The number of para-hydroxylation sites is 2. The molecule has 0 spiro atoms. The van der Waals surface area contributed by atoms with Crippen molar-refractivity contribution in [1.82, 2.24) is 5.32 Å². The van der Waals surface area contributed by atoms with Crippen LogP contribution >= 0.6 is 11.8 Å². The summed E-state index contributed by atoms with van der Waals surface area (Å²) in [4.78, 5) is 0. The fraction of sp³-hybridized carbons (Fsp3) is 0.600. The van der Waals surface area contributed by atoms with E-state index >= 15 is 0 Å². The van der Waals surface area contributed by atoms with Crippen LogP contribution in [0.15, 0.2) is 24.3 Å². The zero-order chi connectivity index (χ0) is 13.6. The number of nitrogens with one attached hydrogen (secondary N) is 1. The van der Waals surface area contributed by atoms with Crippen LogP contribution in [0.1, 0.15) is 19.8 Å². The largest absolute Gasteiger partial charge is 0.493 e. The molecular weight excluding hydrogens is 258 g/mol. The van der Waals surface area contributed by atoms with Crippen molar-refractivity contribution in [1.29, 1.82) is 0 Å². The quantitative estimate of drug-likeness (QED) is 0.778. The van der Waals surface area contributed by atoms with Crippen molar-refractivity contribution < 1.29 is 9.47 Å². The molecule has 1 aromatic carbocycles. The van der Waals surface area contributed by atoms with Crippen LogP contribution in [0.5, 0.6) is 11.5 Å². The average Bonchev–Trinajstić information content (AvgIpc) is 2.86. The van der Waals surface area contributed by atoms with E-state index in [0.717, 1.165) is 24.6 Å². The van der Waals surface area contributed by atoms with Gasteiger partial charge < -0.3 is 14.8 Å². The first-order valence-electron chi connectivity index (χ1n) is 6.84. The van der Waals surface area contributed by atoms with Gasteiger partial charge >= 0.3 is 0 Å². The minimum atomic E-state index is 0.421. The Morgan fingerprint density at radius 3 is 2.79 bits per heavy atom. The maximum Gasteiger partial charge on any atom is 0.161 e. The summed E-state index contributed by atoms with van der Waals surface area (Å²) in [6, 6.07) is 7.76. The van der Waals surface area contributed by atoms with Gasteiger partial charge in [-0.05, 0) is 37.7 Å². The highest BCUT2D eigenvalue weighted by Crippen LogP contribution is 2.36. The average molecular weight is 281 g/mol. The Labute approximate surface area is 120 Å². The maximum absolute atomic E-state index is 5.73. The predicted molar refractivity (Wildman–Crippen MR) is 81.5 cm³/mol. The Hall–Kier alpha value is -0.870. The zero-order valence-electron chi connectivity index (χ0n) is 11.8. The minimum absolute atomic E-state index is 0.421. The summed E-state index contributed by atoms with van der Waals surface area (Å²) < 4.78 is 11.4. The summed E-state index contributed by atoms with van der Waals surface area (Å²) in [5, 5.41) is 3.49. The Kier molecular flexibility index (Phi) is 5.40. The van der Waals surface area contributed by atoms with Crippen LogP contribution in [0, 0.1) is 0 Å². The summed E-state index contributed by atoms with van der Waals surface area (Å²) in [7, 11) is 1.67. The van der Waals surface area contributed by atoms with E-state index in [0.29, 0.717) is 11.4 Å². The van der Waals surface area contributed by atoms with E-state index in [4.69, 9.17) is 9.47 Å². The van der Waals surface area contributed by atoms with Crippen LogP contribution in [-0.2, 0) is 0 Å². The van der Waals surface area contributed by atoms with Crippen molar-refractivity contribution in [2.45, 2.75) is 24.5 Å². The highest BCUT2D eigenvalue weighted by atomic mass is 32.2. The standard InChI is InChI=1S/C15H23NO2S/c1-15(8-5-11-19-15)12-16-9-10-18-14-7-4-3-6-13(14)17-2/h3-4,6-7,16H,5,8-12H2,1-2H3. The van der Waals surface area contributed by atoms with Crippen molar-refractivity contribution in [2.24, 2.45) is 0 Å². The molecule has 1 N–H and O–H groups in total. The normalized spacial score (nSPS) is 22.4. The maximum atomic E-state index is 5.73. The highest BCUT2D eigenvalue weighted by molar-refractivity contribution is 8.00. The fourth-order valence-corrected chi connectivity index (χ4v) is 3.57. The Morgan fingerprint density at radius 2 is 2.11 bits per heavy atom. The molecule has 1 heterocycles. The van der Waals surface area contributed by atoms with E-state index in [-0.39, 0.29) is 0 Å². The topological polar surface area (TPSA) is 30.5 Å². The number of hydrogen-bond donors (Lipinski definition) is 1. The number of benzene rings is 1. The molecule has 1 aromatic rings. The lowest BCUT2D eigenvalue weighted by atomic mass is 10.1. The van der Waals surface area contributed by atoms with Gasteiger partial charge in [-0.1, -0.05) is 12.1 Å². The molecular formula is C15H23NO2S. The summed E-state index contributed by atoms with van der Waals surface area (Å²) in [5.41, 5.74) is 0. The summed E-state index contributed by atoms with van der Waals surface area (Å²) in [6.07, 6.45) is 2.67. The number of hydrogen-bond acceptors (Lipinski definition) is 4. The van der Waals surface area contributed by atoms with Crippen molar-refractivity contribution in [3.8, 4) is 11.5 Å². The molecule has 0 amide bonds. The summed E-state index contributed by atoms with van der Waals surface area (Å²) in [5.74, 6) is 2.91. The SMILES string of the molecule is COc1ccccc1OCCNCC1(C)CCCS1. The first-order valence-corrected chi connectivity index (χ1v) is 7.83. The third-order valence-electron chi connectivity index (χ3n) is 3.40. The van der Waals surface area contributed by atoms with Gasteiger partial charge in [0.15, 0.2) is 11.5 Å². The molecule has 2 rings (SSSR count). The molecule has 1 aliphatic heterocycles.